The summed E-state index contributed by atoms with van der Waals surface area (Å²) in [6.07, 6.45) is 8.58. The number of amides is 2. The summed E-state index contributed by atoms with van der Waals surface area (Å²) in [6, 6.07) is 0. The van der Waals surface area contributed by atoms with Gasteiger partial charge in [0.05, 0.1) is 6.20 Å². The minimum atomic E-state index is -0.160. The normalized spacial score (nSPS) is 15.0. The maximum atomic E-state index is 12.8. The van der Waals surface area contributed by atoms with Crippen molar-refractivity contribution in [3.05, 3.63) is 24.3 Å². The third-order valence-corrected chi connectivity index (χ3v) is 4.52. The zero-order chi connectivity index (χ0) is 18.8. The molecule has 2 amide bonds. The van der Waals surface area contributed by atoms with Gasteiger partial charge in [0, 0.05) is 45.0 Å². The van der Waals surface area contributed by atoms with Crippen LogP contribution < -0.4 is 5.32 Å². The molecule has 144 valence electrons. The van der Waals surface area contributed by atoms with Crippen molar-refractivity contribution in [2.45, 2.75) is 39.5 Å². The molecule has 0 radical (unpaired) electrons. The van der Waals surface area contributed by atoms with Gasteiger partial charge in [-0.05, 0) is 31.8 Å². The number of hydrogen-bond acceptors (Lipinski definition) is 5. The summed E-state index contributed by atoms with van der Waals surface area (Å²) in [5, 5.41) is 2.91. The average molecular weight is 361 g/mol. The Morgan fingerprint density at radius 3 is 2.62 bits per heavy atom. The fourth-order valence-electron chi connectivity index (χ4n) is 2.97. The monoisotopic (exact) mass is 361 g/mol. The van der Waals surface area contributed by atoms with Crippen molar-refractivity contribution in [1.29, 1.82) is 0 Å². The van der Waals surface area contributed by atoms with E-state index in [0.717, 1.165) is 19.6 Å². The molecule has 2 heterocycles. The first kappa shape index (κ1) is 20.3. The summed E-state index contributed by atoms with van der Waals surface area (Å²) in [5.74, 6) is 0.232. The van der Waals surface area contributed by atoms with E-state index < -0.39 is 0 Å². The van der Waals surface area contributed by atoms with E-state index in [1.807, 2.05) is 0 Å². The molecular formula is C19H31N5O2. The highest BCUT2D eigenvalue weighted by Gasteiger charge is 2.20. The van der Waals surface area contributed by atoms with E-state index in [-0.39, 0.29) is 11.8 Å². The quantitative estimate of drug-likeness (QED) is 0.722. The first-order chi connectivity index (χ1) is 12.6. The third-order valence-electron chi connectivity index (χ3n) is 4.52. The number of carbonyl (C=O) groups is 2. The van der Waals surface area contributed by atoms with Gasteiger partial charge in [0.25, 0.3) is 5.91 Å². The highest BCUT2D eigenvalue weighted by Crippen LogP contribution is 2.09. The second-order valence-corrected chi connectivity index (χ2v) is 7.23. The molecule has 1 saturated heterocycles. The molecule has 26 heavy (non-hydrogen) atoms. The third kappa shape index (κ3) is 7.07. The number of nitrogens with one attached hydrogen (secondary N) is 1. The smallest absolute Gasteiger partial charge is 0.274 e. The molecule has 0 bridgehead atoms. The molecule has 0 saturated carbocycles. The molecule has 1 aliphatic rings. The highest BCUT2D eigenvalue weighted by atomic mass is 16.2. The number of rotatable bonds is 9. The van der Waals surface area contributed by atoms with Crippen molar-refractivity contribution in [2.75, 3.05) is 39.3 Å². The van der Waals surface area contributed by atoms with Crippen molar-refractivity contribution in [1.82, 2.24) is 25.1 Å². The molecule has 0 aromatic carbocycles. The average Bonchev–Trinajstić information content (AvgIpc) is 2.67. The zero-order valence-electron chi connectivity index (χ0n) is 16.0. The van der Waals surface area contributed by atoms with E-state index in [1.54, 1.807) is 11.1 Å². The Bertz CT molecular complexity index is 558. The maximum Gasteiger partial charge on any atom is 0.274 e. The van der Waals surface area contributed by atoms with Crippen molar-refractivity contribution < 1.29 is 9.59 Å². The van der Waals surface area contributed by atoms with Crippen molar-refractivity contribution in [3.8, 4) is 0 Å². The van der Waals surface area contributed by atoms with Crippen LogP contribution >= 0.6 is 0 Å². The van der Waals surface area contributed by atoms with Crippen molar-refractivity contribution in [2.24, 2.45) is 5.92 Å². The lowest BCUT2D eigenvalue weighted by Gasteiger charge is -2.30. The summed E-state index contributed by atoms with van der Waals surface area (Å²) >= 11 is 0. The Labute approximate surface area is 156 Å². The summed E-state index contributed by atoms with van der Waals surface area (Å²) < 4.78 is 0. The van der Waals surface area contributed by atoms with Crippen LogP contribution in [0.25, 0.3) is 0 Å². The first-order valence-corrected chi connectivity index (χ1v) is 9.60. The second kappa shape index (κ2) is 10.9. The van der Waals surface area contributed by atoms with E-state index in [1.165, 1.54) is 31.7 Å². The van der Waals surface area contributed by atoms with Crippen LogP contribution in [0.1, 0.15) is 50.0 Å². The van der Waals surface area contributed by atoms with Crippen LogP contribution in [-0.2, 0) is 4.79 Å². The lowest BCUT2D eigenvalue weighted by molar-refractivity contribution is -0.121. The number of aromatic nitrogens is 2. The van der Waals surface area contributed by atoms with Crippen molar-refractivity contribution >= 4 is 11.8 Å². The first-order valence-electron chi connectivity index (χ1n) is 9.60. The van der Waals surface area contributed by atoms with E-state index in [9.17, 15) is 9.59 Å². The predicted octanol–water partition coefficient (Wildman–Crippen LogP) is 1.57. The van der Waals surface area contributed by atoms with Gasteiger partial charge < -0.3 is 15.1 Å². The van der Waals surface area contributed by atoms with Gasteiger partial charge in [-0.2, -0.15) is 0 Å². The molecule has 1 N–H and O–H groups in total. The van der Waals surface area contributed by atoms with Gasteiger partial charge in [-0.1, -0.05) is 20.3 Å². The maximum absolute atomic E-state index is 12.8. The van der Waals surface area contributed by atoms with Gasteiger partial charge in [-0.15, -0.1) is 0 Å². The number of likely N-dealkylation sites (tertiary alicyclic amines) is 1. The summed E-state index contributed by atoms with van der Waals surface area (Å²) in [5.41, 5.74) is 0.328. The van der Waals surface area contributed by atoms with Gasteiger partial charge >= 0.3 is 0 Å². The minimum absolute atomic E-state index is 0.0198. The van der Waals surface area contributed by atoms with Gasteiger partial charge in [0.1, 0.15) is 5.69 Å². The van der Waals surface area contributed by atoms with Crippen LogP contribution in [0.2, 0.25) is 0 Å². The fourth-order valence-corrected chi connectivity index (χ4v) is 2.97. The Balaban J connectivity index is 1.91. The number of hydrogen-bond donors (Lipinski definition) is 1. The molecule has 0 spiro atoms. The number of piperidine rings is 1. The van der Waals surface area contributed by atoms with Crippen LogP contribution in [0, 0.1) is 5.92 Å². The topological polar surface area (TPSA) is 78.4 Å². The summed E-state index contributed by atoms with van der Waals surface area (Å²) in [4.78, 5) is 37.0. The molecule has 0 aliphatic carbocycles. The standard InChI is InChI=1S/C19H31N5O2/c1-16(2)14-22-18(25)6-11-24(13-12-23-9-4-3-5-10-23)19(26)17-15-20-7-8-21-17/h7-8,15-16H,3-6,9-14H2,1-2H3,(H,22,25). The summed E-state index contributed by atoms with van der Waals surface area (Å²) in [6.45, 7) is 8.78. The van der Waals surface area contributed by atoms with Gasteiger partial charge in [-0.3, -0.25) is 14.6 Å². The minimum Gasteiger partial charge on any atom is -0.356 e. The Morgan fingerprint density at radius 1 is 1.19 bits per heavy atom. The van der Waals surface area contributed by atoms with Crippen LogP contribution in [0.3, 0.4) is 0 Å². The largest absolute Gasteiger partial charge is 0.356 e. The van der Waals surface area contributed by atoms with E-state index >= 15 is 0 Å². The van der Waals surface area contributed by atoms with E-state index in [2.05, 4.69) is 34.0 Å². The Kier molecular flexibility index (Phi) is 8.47. The van der Waals surface area contributed by atoms with Crippen molar-refractivity contribution in [3.63, 3.8) is 0 Å². The molecule has 0 unspecified atom stereocenters. The predicted molar refractivity (Wildman–Crippen MR) is 101 cm³/mol. The number of nitrogens with zero attached hydrogens (tertiary/aromatic N) is 4. The Morgan fingerprint density at radius 2 is 1.96 bits per heavy atom. The zero-order valence-corrected chi connectivity index (χ0v) is 16.0. The lowest BCUT2D eigenvalue weighted by Crippen LogP contribution is -2.42. The summed E-state index contributed by atoms with van der Waals surface area (Å²) in [7, 11) is 0. The molecule has 1 aromatic heterocycles. The van der Waals surface area contributed by atoms with E-state index in [4.69, 9.17) is 0 Å². The second-order valence-electron chi connectivity index (χ2n) is 7.23. The molecule has 0 atom stereocenters. The van der Waals surface area contributed by atoms with Crippen LogP contribution in [0.15, 0.2) is 18.6 Å². The van der Waals surface area contributed by atoms with Gasteiger partial charge in [-0.25, -0.2) is 4.98 Å². The fraction of sp³-hybridized carbons (Fsp3) is 0.684. The van der Waals surface area contributed by atoms with Gasteiger partial charge in [0.15, 0.2) is 0 Å². The molecular weight excluding hydrogens is 330 g/mol. The Hall–Kier alpha value is -2.02. The van der Waals surface area contributed by atoms with Crippen LogP contribution in [0.5, 0.6) is 0 Å². The molecule has 7 heteroatoms. The molecule has 1 aromatic rings. The number of carbonyl (C=O) groups excluding carboxylic acids is 2. The van der Waals surface area contributed by atoms with E-state index in [0.29, 0.717) is 37.7 Å². The molecule has 1 fully saturated rings. The van der Waals surface area contributed by atoms with Crippen LogP contribution in [-0.4, -0.2) is 70.9 Å². The molecule has 7 nitrogen and oxygen atoms in total. The van der Waals surface area contributed by atoms with Gasteiger partial charge in [0.2, 0.25) is 5.91 Å². The lowest BCUT2D eigenvalue weighted by atomic mass is 10.1. The molecule has 2 rings (SSSR count). The molecule has 1 aliphatic heterocycles. The van der Waals surface area contributed by atoms with Crippen LogP contribution in [0.4, 0.5) is 0 Å². The highest BCUT2D eigenvalue weighted by molar-refractivity contribution is 5.92. The SMILES string of the molecule is CC(C)CNC(=O)CCN(CCN1CCCCC1)C(=O)c1cnccn1.